The lowest BCUT2D eigenvalue weighted by molar-refractivity contribution is 0.0526. The van der Waals surface area contributed by atoms with E-state index in [1.165, 1.54) is 0 Å². The van der Waals surface area contributed by atoms with Crippen molar-refractivity contribution in [1.29, 1.82) is 0 Å². The Balaban J connectivity index is 2.61. The monoisotopic (exact) mass is 160 g/mol. The highest BCUT2D eigenvalue weighted by Gasteiger charge is 2.39. The van der Waals surface area contributed by atoms with E-state index < -0.39 is 18.2 Å². The topological polar surface area (TPSA) is 88.3 Å². The SMILES string of the molecule is O=NC1COC(CO)C1N=O. The van der Waals surface area contributed by atoms with Crippen LogP contribution in [0.25, 0.3) is 0 Å². The molecule has 0 aromatic heterocycles. The summed E-state index contributed by atoms with van der Waals surface area (Å²) in [6, 6.07) is -1.55. The Bertz CT molecular complexity index is 163. The van der Waals surface area contributed by atoms with Crippen LogP contribution >= 0.6 is 0 Å². The third-order valence-electron chi connectivity index (χ3n) is 1.69. The van der Waals surface area contributed by atoms with E-state index in [4.69, 9.17) is 9.84 Å². The van der Waals surface area contributed by atoms with Crippen LogP contribution < -0.4 is 0 Å². The summed E-state index contributed by atoms with van der Waals surface area (Å²) in [6.07, 6.45) is -0.657. The first-order valence-corrected chi connectivity index (χ1v) is 3.21. The van der Waals surface area contributed by atoms with Gasteiger partial charge in [0.1, 0.15) is 18.2 Å². The maximum absolute atomic E-state index is 10.1. The molecule has 62 valence electrons. The van der Waals surface area contributed by atoms with Crippen LogP contribution in [0.2, 0.25) is 0 Å². The second-order valence-electron chi connectivity index (χ2n) is 2.32. The molecule has 0 radical (unpaired) electrons. The van der Waals surface area contributed by atoms with Gasteiger partial charge in [0.25, 0.3) is 0 Å². The molecule has 1 aliphatic rings. The fourth-order valence-corrected chi connectivity index (χ4v) is 1.06. The van der Waals surface area contributed by atoms with Crippen molar-refractivity contribution in [3.8, 4) is 0 Å². The molecule has 0 spiro atoms. The minimum Gasteiger partial charge on any atom is -0.394 e. The zero-order valence-electron chi connectivity index (χ0n) is 5.71. The summed E-state index contributed by atoms with van der Waals surface area (Å²) in [5, 5.41) is 13.9. The summed E-state index contributed by atoms with van der Waals surface area (Å²) in [5.74, 6) is 0. The Morgan fingerprint density at radius 3 is 2.64 bits per heavy atom. The Labute approximate surface area is 62.5 Å². The highest BCUT2D eigenvalue weighted by atomic mass is 16.5. The molecule has 1 aliphatic heterocycles. The first-order valence-electron chi connectivity index (χ1n) is 3.21. The van der Waals surface area contributed by atoms with Crippen LogP contribution in [0, 0.1) is 9.81 Å². The number of hydrogen-bond donors (Lipinski definition) is 1. The van der Waals surface area contributed by atoms with Crippen molar-refractivity contribution in [3.05, 3.63) is 9.81 Å². The van der Waals surface area contributed by atoms with E-state index in [9.17, 15) is 9.81 Å². The van der Waals surface area contributed by atoms with E-state index in [0.717, 1.165) is 0 Å². The number of aliphatic hydroxyl groups excluding tert-OH is 1. The predicted octanol–water partition coefficient (Wildman–Crippen LogP) is -0.353. The molecule has 3 atom stereocenters. The van der Waals surface area contributed by atoms with Gasteiger partial charge in [-0.25, -0.2) is 0 Å². The van der Waals surface area contributed by atoms with Gasteiger partial charge in [0.05, 0.1) is 13.2 Å². The molecule has 1 rings (SSSR count). The fourth-order valence-electron chi connectivity index (χ4n) is 1.06. The number of nitrogens with zero attached hydrogens (tertiary/aromatic N) is 2. The second-order valence-corrected chi connectivity index (χ2v) is 2.32. The van der Waals surface area contributed by atoms with Crippen LogP contribution in [0.15, 0.2) is 10.4 Å². The number of ether oxygens (including phenoxy) is 1. The summed E-state index contributed by atoms with van der Waals surface area (Å²) in [6.45, 7) is -0.229. The first-order chi connectivity index (χ1) is 5.33. The molecular formula is C5H8N2O4. The Morgan fingerprint density at radius 2 is 2.18 bits per heavy atom. The fraction of sp³-hybridized carbons (Fsp3) is 1.00. The van der Waals surface area contributed by atoms with Gasteiger partial charge in [-0.2, -0.15) is 9.81 Å². The molecule has 1 saturated heterocycles. The van der Waals surface area contributed by atoms with Gasteiger partial charge in [-0.3, -0.25) is 0 Å². The van der Waals surface area contributed by atoms with E-state index in [1.54, 1.807) is 0 Å². The molecular weight excluding hydrogens is 152 g/mol. The van der Waals surface area contributed by atoms with Gasteiger partial charge in [-0.05, 0) is 0 Å². The van der Waals surface area contributed by atoms with Gasteiger partial charge in [-0.1, -0.05) is 10.4 Å². The van der Waals surface area contributed by atoms with Crippen molar-refractivity contribution in [2.75, 3.05) is 13.2 Å². The molecule has 0 amide bonds. The molecule has 1 fully saturated rings. The highest BCUT2D eigenvalue weighted by Crippen LogP contribution is 2.19. The lowest BCUT2D eigenvalue weighted by Crippen LogP contribution is -2.29. The minimum atomic E-state index is -0.822. The average Bonchev–Trinajstić information content (AvgIpc) is 2.45. The van der Waals surface area contributed by atoms with Gasteiger partial charge in [0.15, 0.2) is 0 Å². The molecule has 0 aromatic rings. The molecule has 0 saturated carbocycles. The van der Waals surface area contributed by atoms with E-state index in [-0.39, 0.29) is 13.2 Å². The van der Waals surface area contributed by atoms with Crippen LogP contribution in [-0.4, -0.2) is 36.5 Å². The van der Waals surface area contributed by atoms with E-state index in [0.29, 0.717) is 0 Å². The van der Waals surface area contributed by atoms with Crippen LogP contribution in [0.4, 0.5) is 0 Å². The third kappa shape index (κ3) is 1.41. The van der Waals surface area contributed by atoms with Gasteiger partial charge in [-0.15, -0.1) is 0 Å². The molecule has 3 unspecified atom stereocenters. The summed E-state index contributed by atoms with van der Waals surface area (Å²) < 4.78 is 4.87. The molecule has 6 nitrogen and oxygen atoms in total. The van der Waals surface area contributed by atoms with Gasteiger partial charge in [0, 0.05) is 0 Å². The second kappa shape index (κ2) is 3.49. The Morgan fingerprint density at radius 1 is 1.45 bits per heavy atom. The molecule has 0 bridgehead atoms. The molecule has 11 heavy (non-hydrogen) atoms. The van der Waals surface area contributed by atoms with Crippen LogP contribution in [0.5, 0.6) is 0 Å². The van der Waals surface area contributed by atoms with Crippen LogP contribution in [0.3, 0.4) is 0 Å². The normalized spacial score (nSPS) is 37.0. The number of rotatable bonds is 3. The van der Waals surface area contributed by atoms with Crippen molar-refractivity contribution in [2.45, 2.75) is 18.2 Å². The van der Waals surface area contributed by atoms with E-state index >= 15 is 0 Å². The van der Waals surface area contributed by atoms with E-state index in [2.05, 4.69) is 10.4 Å². The van der Waals surface area contributed by atoms with Crippen molar-refractivity contribution in [3.63, 3.8) is 0 Å². The van der Waals surface area contributed by atoms with Crippen molar-refractivity contribution < 1.29 is 9.84 Å². The van der Waals surface area contributed by atoms with Gasteiger partial charge < -0.3 is 9.84 Å². The summed E-state index contributed by atoms with van der Waals surface area (Å²) >= 11 is 0. The van der Waals surface area contributed by atoms with Gasteiger partial charge >= 0.3 is 0 Å². The maximum Gasteiger partial charge on any atom is 0.148 e. The largest absolute Gasteiger partial charge is 0.394 e. The molecule has 0 aromatic carbocycles. The first kappa shape index (κ1) is 8.22. The summed E-state index contributed by atoms with van der Waals surface area (Å²) in [7, 11) is 0. The molecule has 1 N–H and O–H groups in total. The van der Waals surface area contributed by atoms with Crippen LogP contribution in [-0.2, 0) is 4.74 Å². The summed E-state index contributed by atoms with van der Waals surface area (Å²) in [5.41, 5.74) is 0. The zero-order valence-corrected chi connectivity index (χ0v) is 5.71. The average molecular weight is 160 g/mol. The number of aliphatic hydroxyl groups is 1. The van der Waals surface area contributed by atoms with Crippen molar-refractivity contribution in [1.82, 2.24) is 0 Å². The third-order valence-corrected chi connectivity index (χ3v) is 1.69. The predicted molar refractivity (Wildman–Crippen MR) is 36.0 cm³/mol. The quantitative estimate of drug-likeness (QED) is 0.571. The molecule has 6 heteroatoms. The molecule has 1 heterocycles. The lowest BCUT2D eigenvalue weighted by Gasteiger charge is -2.07. The van der Waals surface area contributed by atoms with Crippen LogP contribution in [0.1, 0.15) is 0 Å². The van der Waals surface area contributed by atoms with E-state index in [1.807, 2.05) is 0 Å². The van der Waals surface area contributed by atoms with Gasteiger partial charge in [0.2, 0.25) is 0 Å². The minimum absolute atomic E-state index is 0.0745. The standard InChI is InChI=1S/C5H8N2O4/c8-1-4-5(7-10)3(6-9)2-11-4/h3-5,8H,1-2H2. The lowest BCUT2D eigenvalue weighted by atomic mass is 10.1. The number of nitroso groups, excluding NO2 is 2. The van der Waals surface area contributed by atoms with Crippen molar-refractivity contribution >= 4 is 0 Å². The Hall–Kier alpha value is -0.880. The highest BCUT2D eigenvalue weighted by molar-refractivity contribution is 4.93. The Kier molecular flexibility index (Phi) is 2.61. The summed E-state index contributed by atoms with van der Waals surface area (Å²) in [4.78, 5) is 20.1. The number of hydrogen-bond acceptors (Lipinski definition) is 6. The smallest absolute Gasteiger partial charge is 0.148 e. The van der Waals surface area contributed by atoms with Crippen molar-refractivity contribution in [2.24, 2.45) is 10.4 Å². The maximum atomic E-state index is 10.1. The molecule has 0 aliphatic carbocycles. The zero-order chi connectivity index (χ0) is 8.27.